The van der Waals surface area contributed by atoms with E-state index in [0.717, 1.165) is 0 Å². The fourth-order valence-electron chi connectivity index (χ4n) is 1.61. The Hall–Kier alpha value is -1.33. The van der Waals surface area contributed by atoms with Crippen molar-refractivity contribution in [2.75, 3.05) is 0 Å². The molecule has 1 rings (SSSR count). The number of rotatable bonds is 2. The lowest BCUT2D eigenvalue weighted by molar-refractivity contribution is -0.526. The standard InChI is InChI=1S/C7H12N2O4/c10-7(11)8-5-1-3-6(4-2-5)9(12)13/h5-6,8H,1-4H2,(H,10,11). The average Bonchev–Trinajstić information content (AvgIpc) is 2.04. The van der Waals surface area contributed by atoms with E-state index in [0.29, 0.717) is 25.7 Å². The van der Waals surface area contributed by atoms with Crippen LogP contribution in [0.5, 0.6) is 0 Å². The summed E-state index contributed by atoms with van der Waals surface area (Å²) in [7, 11) is 0. The summed E-state index contributed by atoms with van der Waals surface area (Å²) in [5.41, 5.74) is 0. The molecule has 2 N–H and O–H groups in total. The maximum atomic E-state index is 10.4. The van der Waals surface area contributed by atoms with Crippen LogP contribution in [-0.4, -0.2) is 28.2 Å². The molecule has 0 aliphatic heterocycles. The molecule has 74 valence electrons. The Morgan fingerprint density at radius 3 is 2.31 bits per heavy atom. The van der Waals surface area contributed by atoms with Crippen molar-refractivity contribution in [2.45, 2.75) is 37.8 Å². The largest absolute Gasteiger partial charge is 0.465 e. The van der Waals surface area contributed by atoms with Gasteiger partial charge in [-0.2, -0.15) is 0 Å². The number of amides is 1. The Balaban J connectivity index is 2.30. The van der Waals surface area contributed by atoms with Gasteiger partial charge in [0.05, 0.1) is 0 Å². The first-order valence-corrected chi connectivity index (χ1v) is 4.22. The number of hydrogen-bond acceptors (Lipinski definition) is 3. The molecule has 1 amide bonds. The molecule has 0 aromatic rings. The zero-order valence-corrected chi connectivity index (χ0v) is 7.10. The number of nitrogens with one attached hydrogen (secondary N) is 1. The molecule has 1 aliphatic carbocycles. The van der Waals surface area contributed by atoms with Crippen LogP contribution in [0.2, 0.25) is 0 Å². The van der Waals surface area contributed by atoms with Crippen LogP contribution in [0.15, 0.2) is 0 Å². The predicted molar refractivity (Wildman–Crippen MR) is 44.2 cm³/mol. The van der Waals surface area contributed by atoms with Gasteiger partial charge in [-0.1, -0.05) is 0 Å². The van der Waals surface area contributed by atoms with Crippen molar-refractivity contribution < 1.29 is 14.8 Å². The Bertz CT molecular complexity index is 211. The Kier molecular flexibility index (Phi) is 3.05. The third kappa shape index (κ3) is 2.89. The van der Waals surface area contributed by atoms with E-state index in [9.17, 15) is 14.9 Å². The highest BCUT2D eigenvalue weighted by atomic mass is 16.6. The lowest BCUT2D eigenvalue weighted by atomic mass is 9.92. The molecule has 1 aliphatic rings. The summed E-state index contributed by atoms with van der Waals surface area (Å²) in [4.78, 5) is 20.3. The van der Waals surface area contributed by atoms with Gasteiger partial charge in [0, 0.05) is 23.8 Å². The lowest BCUT2D eigenvalue weighted by Gasteiger charge is -2.23. The molecule has 0 aromatic carbocycles. The highest BCUT2D eigenvalue weighted by Crippen LogP contribution is 2.20. The van der Waals surface area contributed by atoms with Crippen molar-refractivity contribution >= 4 is 6.09 Å². The fraction of sp³-hybridized carbons (Fsp3) is 0.857. The Labute approximate surface area is 75.1 Å². The fourth-order valence-corrected chi connectivity index (χ4v) is 1.61. The minimum atomic E-state index is -1.05. The highest BCUT2D eigenvalue weighted by molar-refractivity contribution is 5.64. The van der Waals surface area contributed by atoms with Crippen LogP contribution in [-0.2, 0) is 0 Å². The van der Waals surface area contributed by atoms with E-state index >= 15 is 0 Å². The van der Waals surface area contributed by atoms with Gasteiger partial charge in [0.25, 0.3) is 0 Å². The number of carbonyl (C=O) groups is 1. The number of nitrogens with zero attached hydrogens (tertiary/aromatic N) is 1. The van der Waals surface area contributed by atoms with Crippen molar-refractivity contribution in [1.29, 1.82) is 0 Å². The molecule has 0 heterocycles. The summed E-state index contributed by atoms with van der Waals surface area (Å²) < 4.78 is 0. The van der Waals surface area contributed by atoms with E-state index in [-0.39, 0.29) is 11.0 Å². The van der Waals surface area contributed by atoms with Gasteiger partial charge >= 0.3 is 6.09 Å². The second kappa shape index (κ2) is 4.06. The minimum Gasteiger partial charge on any atom is -0.465 e. The van der Waals surface area contributed by atoms with E-state index in [4.69, 9.17) is 5.11 Å². The zero-order valence-electron chi connectivity index (χ0n) is 7.10. The summed E-state index contributed by atoms with van der Waals surface area (Å²) in [6, 6.07) is -0.583. The normalized spacial score (nSPS) is 28.0. The van der Waals surface area contributed by atoms with Crippen molar-refractivity contribution in [3.63, 3.8) is 0 Å². The van der Waals surface area contributed by atoms with Crippen molar-refractivity contribution in [3.8, 4) is 0 Å². The van der Waals surface area contributed by atoms with Gasteiger partial charge in [-0.25, -0.2) is 4.79 Å². The van der Waals surface area contributed by atoms with Crippen molar-refractivity contribution in [1.82, 2.24) is 5.32 Å². The summed E-state index contributed by atoms with van der Waals surface area (Å²) in [6.07, 6.45) is 1.02. The van der Waals surface area contributed by atoms with Gasteiger partial charge in [0.1, 0.15) is 0 Å². The topological polar surface area (TPSA) is 92.5 Å². The van der Waals surface area contributed by atoms with Gasteiger partial charge in [0.2, 0.25) is 6.04 Å². The molecule has 6 heteroatoms. The summed E-state index contributed by atoms with van der Waals surface area (Å²) in [5.74, 6) is 0. The number of nitro groups is 1. The molecule has 0 bridgehead atoms. The minimum absolute atomic E-state index is 0.103. The van der Waals surface area contributed by atoms with Crippen LogP contribution < -0.4 is 5.32 Å². The number of hydrogen-bond donors (Lipinski definition) is 2. The molecule has 1 fully saturated rings. The zero-order chi connectivity index (χ0) is 9.84. The first-order valence-electron chi connectivity index (χ1n) is 4.22. The van der Waals surface area contributed by atoms with Gasteiger partial charge in [-0.3, -0.25) is 10.1 Å². The van der Waals surface area contributed by atoms with Gasteiger partial charge in [-0.05, 0) is 12.8 Å². The molecule has 6 nitrogen and oxygen atoms in total. The molecular formula is C7H12N2O4. The Morgan fingerprint density at radius 2 is 1.92 bits per heavy atom. The summed E-state index contributed by atoms with van der Waals surface area (Å²) >= 11 is 0. The van der Waals surface area contributed by atoms with E-state index in [1.807, 2.05) is 0 Å². The van der Waals surface area contributed by atoms with Crippen LogP contribution in [0, 0.1) is 10.1 Å². The quantitative estimate of drug-likeness (QED) is 0.496. The maximum absolute atomic E-state index is 10.4. The summed E-state index contributed by atoms with van der Waals surface area (Å²) in [6.45, 7) is 0. The van der Waals surface area contributed by atoms with Crippen LogP contribution in [0.25, 0.3) is 0 Å². The third-order valence-electron chi connectivity index (χ3n) is 2.32. The number of carboxylic acid groups (broad SMARTS) is 1. The lowest BCUT2D eigenvalue weighted by Crippen LogP contribution is -2.39. The molecule has 1 saturated carbocycles. The molecule has 0 spiro atoms. The smallest absolute Gasteiger partial charge is 0.404 e. The average molecular weight is 188 g/mol. The maximum Gasteiger partial charge on any atom is 0.404 e. The molecule has 0 aromatic heterocycles. The Morgan fingerprint density at radius 1 is 1.38 bits per heavy atom. The van der Waals surface area contributed by atoms with Gasteiger partial charge < -0.3 is 10.4 Å². The van der Waals surface area contributed by atoms with E-state index < -0.39 is 12.1 Å². The van der Waals surface area contributed by atoms with Crippen LogP contribution in [0.4, 0.5) is 4.79 Å². The van der Waals surface area contributed by atoms with E-state index in [2.05, 4.69) is 5.32 Å². The second-order valence-corrected chi connectivity index (χ2v) is 3.24. The molecule has 13 heavy (non-hydrogen) atoms. The van der Waals surface area contributed by atoms with Crippen LogP contribution in [0.1, 0.15) is 25.7 Å². The molecule has 0 atom stereocenters. The summed E-state index contributed by atoms with van der Waals surface area (Å²) in [5, 5.41) is 21.1. The van der Waals surface area contributed by atoms with E-state index in [1.54, 1.807) is 0 Å². The first-order chi connectivity index (χ1) is 6.09. The third-order valence-corrected chi connectivity index (χ3v) is 2.32. The molecular weight excluding hydrogens is 176 g/mol. The van der Waals surface area contributed by atoms with Crippen LogP contribution >= 0.6 is 0 Å². The molecule has 0 radical (unpaired) electrons. The second-order valence-electron chi connectivity index (χ2n) is 3.24. The van der Waals surface area contributed by atoms with E-state index in [1.165, 1.54) is 0 Å². The van der Waals surface area contributed by atoms with Gasteiger partial charge in [-0.15, -0.1) is 0 Å². The molecule has 0 unspecified atom stereocenters. The first kappa shape index (κ1) is 9.76. The monoisotopic (exact) mass is 188 g/mol. The predicted octanol–water partition coefficient (Wildman–Crippen LogP) is 0.842. The highest BCUT2D eigenvalue weighted by Gasteiger charge is 2.28. The van der Waals surface area contributed by atoms with Crippen molar-refractivity contribution in [2.24, 2.45) is 0 Å². The SMILES string of the molecule is O=C(O)NC1CCC([N+](=O)[O-])CC1. The van der Waals surface area contributed by atoms with Crippen LogP contribution in [0.3, 0.4) is 0 Å². The van der Waals surface area contributed by atoms with Crippen molar-refractivity contribution in [3.05, 3.63) is 10.1 Å². The van der Waals surface area contributed by atoms with Gasteiger partial charge in [0.15, 0.2) is 0 Å². The molecule has 0 saturated heterocycles.